The Labute approximate surface area is 214 Å². The highest BCUT2D eigenvalue weighted by Gasteiger charge is 2.23. The molecule has 0 aliphatic rings. The minimum absolute atomic E-state index is 0.182. The van der Waals surface area contributed by atoms with Crippen LogP contribution in [0.3, 0.4) is 0 Å². The highest BCUT2D eigenvalue weighted by Crippen LogP contribution is 2.36. The molecule has 178 valence electrons. The van der Waals surface area contributed by atoms with Gasteiger partial charge in [-0.3, -0.25) is 4.79 Å². The predicted octanol–water partition coefficient (Wildman–Crippen LogP) is 7.18. The Bertz CT molecular complexity index is 1340. The zero-order valence-corrected chi connectivity index (χ0v) is 21.1. The fourth-order valence-electron chi connectivity index (χ4n) is 3.43. The van der Waals surface area contributed by atoms with Crippen molar-refractivity contribution < 1.29 is 23.5 Å². The maximum absolute atomic E-state index is 13.4. The molecule has 0 aliphatic carbocycles. The summed E-state index contributed by atoms with van der Waals surface area (Å²) in [7, 11) is 0. The first-order valence-electron chi connectivity index (χ1n) is 10.8. The van der Waals surface area contributed by atoms with E-state index in [2.05, 4.69) is 21.2 Å². The van der Waals surface area contributed by atoms with Gasteiger partial charge in [0.25, 0.3) is 5.91 Å². The van der Waals surface area contributed by atoms with Crippen LogP contribution in [0.1, 0.15) is 17.3 Å². The largest absolute Gasteiger partial charge is 0.483 e. The molecular formula is C27H21BrFNO4S. The molecular weight excluding hydrogens is 533 g/mol. The molecule has 1 N–H and O–H groups in total. The summed E-state index contributed by atoms with van der Waals surface area (Å²) in [6, 6.07) is 21.3. The van der Waals surface area contributed by atoms with Crippen LogP contribution in [0.25, 0.3) is 22.3 Å². The SMILES string of the molecule is CCOC(=O)c1c(-c2ccc(F)cc2)csc1NC(=O)COc1ccc(-c2ccccc2)cc1Br. The molecule has 3 aromatic carbocycles. The number of carbonyl (C=O) groups is 2. The average molecular weight is 554 g/mol. The smallest absolute Gasteiger partial charge is 0.341 e. The van der Waals surface area contributed by atoms with E-state index in [4.69, 9.17) is 9.47 Å². The van der Waals surface area contributed by atoms with E-state index in [0.717, 1.165) is 11.1 Å². The number of nitrogens with one attached hydrogen (secondary N) is 1. The molecule has 0 saturated carbocycles. The van der Waals surface area contributed by atoms with Crippen LogP contribution >= 0.6 is 27.3 Å². The van der Waals surface area contributed by atoms with Crippen molar-refractivity contribution in [1.82, 2.24) is 0 Å². The lowest BCUT2D eigenvalue weighted by Gasteiger charge is -2.11. The summed E-state index contributed by atoms with van der Waals surface area (Å²) in [5.74, 6) is -0.857. The van der Waals surface area contributed by atoms with E-state index in [1.54, 1.807) is 30.5 Å². The second-order valence-electron chi connectivity index (χ2n) is 7.43. The number of anilines is 1. The van der Waals surface area contributed by atoms with Crippen LogP contribution < -0.4 is 10.1 Å². The van der Waals surface area contributed by atoms with Crippen molar-refractivity contribution in [2.75, 3.05) is 18.5 Å². The second-order valence-corrected chi connectivity index (χ2v) is 9.16. The van der Waals surface area contributed by atoms with Crippen molar-refractivity contribution in [2.45, 2.75) is 6.92 Å². The fourth-order valence-corrected chi connectivity index (χ4v) is 4.90. The van der Waals surface area contributed by atoms with Crippen molar-refractivity contribution in [3.05, 3.63) is 94.0 Å². The van der Waals surface area contributed by atoms with Gasteiger partial charge in [-0.15, -0.1) is 11.3 Å². The molecule has 1 heterocycles. The van der Waals surface area contributed by atoms with Gasteiger partial charge in [0.15, 0.2) is 6.61 Å². The number of amides is 1. The first-order chi connectivity index (χ1) is 17.0. The van der Waals surface area contributed by atoms with Gasteiger partial charge in [0, 0.05) is 10.9 Å². The maximum Gasteiger partial charge on any atom is 0.341 e. The Hall–Kier alpha value is -3.49. The van der Waals surface area contributed by atoms with Crippen LogP contribution in [0.4, 0.5) is 9.39 Å². The number of thiophene rings is 1. The minimum atomic E-state index is -0.566. The average Bonchev–Trinajstić information content (AvgIpc) is 3.28. The lowest BCUT2D eigenvalue weighted by molar-refractivity contribution is -0.118. The van der Waals surface area contributed by atoms with Crippen molar-refractivity contribution in [3.63, 3.8) is 0 Å². The molecule has 0 bridgehead atoms. The standard InChI is InChI=1S/C27H21BrFNO4S/c1-2-33-27(32)25-21(18-8-11-20(29)12-9-18)16-35-26(25)30-24(31)15-34-23-13-10-19(14-22(23)28)17-6-4-3-5-7-17/h3-14,16H,2,15H2,1H3,(H,30,31). The summed E-state index contributed by atoms with van der Waals surface area (Å²) >= 11 is 4.69. The van der Waals surface area contributed by atoms with Gasteiger partial charge in [-0.05, 0) is 63.8 Å². The van der Waals surface area contributed by atoms with Gasteiger partial charge in [-0.2, -0.15) is 0 Å². The number of hydrogen-bond donors (Lipinski definition) is 1. The number of ether oxygens (including phenoxy) is 2. The van der Waals surface area contributed by atoms with Crippen LogP contribution in [0.2, 0.25) is 0 Å². The van der Waals surface area contributed by atoms with E-state index >= 15 is 0 Å². The van der Waals surface area contributed by atoms with Crippen molar-refractivity contribution in [2.24, 2.45) is 0 Å². The zero-order valence-electron chi connectivity index (χ0n) is 18.7. The Morgan fingerprint density at radius 1 is 0.971 bits per heavy atom. The Morgan fingerprint density at radius 2 is 1.69 bits per heavy atom. The predicted molar refractivity (Wildman–Crippen MR) is 139 cm³/mol. The Balaban J connectivity index is 1.48. The lowest BCUT2D eigenvalue weighted by Crippen LogP contribution is -2.21. The van der Waals surface area contributed by atoms with E-state index in [9.17, 15) is 14.0 Å². The van der Waals surface area contributed by atoms with E-state index in [1.807, 2.05) is 42.5 Å². The maximum atomic E-state index is 13.4. The monoisotopic (exact) mass is 553 g/mol. The summed E-state index contributed by atoms with van der Waals surface area (Å²) in [6.45, 7) is 1.63. The molecule has 0 spiro atoms. The van der Waals surface area contributed by atoms with Gasteiger partial charge < -0.3 is 14.8 Å². The molecule has 0 saturated heterocycles. The molecule has 0 atom stereocenters. The van der Waals surface area contributed by atoms with Gasteiger partial charge >= 0.3 is 5.97 Å². The lowest BCUT2D eigenvalue weighted by atomic mass is 10.0. The van der Waals surface area contributed by atoms with Gasteiger partial charge in [0.05, 0.1) is 11.1 Å². The number of hydrogen-bond acceptors (Lipinski definition) is 5. The number of benzene rings is 3. The number of carbonyl (C=O) groups excluding carboxylic acids is 2. The van der Waals surface area contributed by atoms with Crippen LogP contribution in [0, 0.1) is 5.82 Å². The Kier molecular flexibility index (Phi) is 7.94. The third-order valence-electron chi connectivity index (χ3n) is 5.08. The van der Waals surface area contributed by atoms with Gasteiger partial charge in [-0.1, -0.05) is 48.5 Å². The van der Waals surface area contributed by atoms with E-state index in [1.165, 1.54) is 23.5 Å². The van der Waals surface area contributed by atoms with E-state index < -0.39 is 11.9 Å². The molecule has 5 nitrogen and oxygen atoms in total. The molecule has 0 fully saturated rings. The summed E-state index contributed by atoms with van der Waals surface area (Å²) in [5, 5.41) is 4.82. The Morgan fingerprint density at radius 3 is 2.37 bits per heavy atom. The van der Waals surface area contributed by atoms with Crippen LogP contribution in [0.15, 0.2) is 82.6 Å². The first-order valence-corrected chi connectivity index (χ1v) is 12.5. The number of esters is 1. The van der Waals surface area contributed by atoms with E-state index in [0.29, 0.717) is 26.4 Å². The molecule has 0 aliphatic heterocycles. The summed E-state index contributed by atoms with van der Waals surface area (Å²) < 4.78 is 25.0. The molecule has 1 amide bonds. The minimum Gasteiger partial charge on any atom is -0.483 e. The highest BCUT2D eigenvalue weighted by molar-refractivity contribution is 9.10. The third-order valence-corrected chi connectivity index (χ3v) is 6.59. The van der Waals surface area contributed by atoms with E-state index in [-0.39, 0.29) is 24.6 Å². The molecule has 35 heavy (non-hydrogen) atoms. The van der Waals surface area contributed by atoms with Crippen molar-refractivity contribution >= 4 is 44.1 Å². The third kappa shape index (κ3) is 5.96. The molecule has 1 aromatic heterocycles. The van der Waals surface area contributed by atoms with Crippen molar-refractivity contribution in [1.29, 1.82) is 0 Å². The van der Waals surface area contributed by atoms with Crippen molar-refractivity contribution in [3.8, 4) is 28.0 Å². The number of rotatable bonds is 8. The fraction of sp³-hybridized carbons (Fsp3) is 0.111. The summed E-state index contributed by atoms with van der Waals surface area (Å²) in [6.07, 6.45) is 0. The van der Waals surface area contributed by atoms with Crippen LogP contribution in [-0.4, -0.2) is 25.1 Å². The molecule has 0 radical (unpaired) electrons. The van der Waals surface area contributed by atoms with Gasteiger partial charge in [-0.25, -0.2) is 9.18 Å². The molecule has 8 heteroatoms. The summed E-state index contributed by atoms with van der Waals surface area (Å²) in [5.41, 5.74) is 3.51. The molecule has 0 unspecified atom stereocenters. The quantitative estimate of drug-likeness (QED) is 0.235. The van der Waals surface area contributed by atoms with Gasteiger partial charge in [0.1, 0.15) is 22.1 Å². The molecule has 4 aromatic rings. The highest BCUT2D eigenvalue weighted by atomic mass is 79.9. The van der Waals surface area contributed by atoms with Gasteiger partial charge in [0.2, 0.25) is 0 Å². The number of halogens is 2. The zero-order chi connectivity index (χ0) is 24.8. The molecule has 4 rings (SSSR count). The van der Waals surface area contributed by atoms with Crippen LogP contribution in [-0.2, 0) is 9.53 Å². The second kappa shape index (κ2) is 11.3. The first kappa shape index (κ1) is 24.6. The topological polar surface area (TPSA) is 64.6 Å². The summed E-state index contributed by atoms with van der Waals surface area (Å²) in [4.78, 5) is 25.3. The van der Waals surface area contributed by atoms with Crippen LogP contribution in [0.5, 0.6) is 5.75 Å². The normalized spacial score (nSPS) is 10.6.